The predicted molar refractivity (Wildman–Crippen MR) is 90.2 cm³/mol. The molecule has 0 spiro atoms. The first-order valence-corrected chi connectivity index (χ1v) is 8.59. The second-order valence-corrected chi connectivity index (χ2v) is 5.88. The lowest BCUT2D eigenvalue weighted by molar-refractivity contribution is 0.178. The zero-order chi connectivity index (χ0) is 14.6. The highest BCUT2D eigenvalue weighted by atomic mass is 15.1. The Hall–Kier alpha value is -0.820. The second-order valence-electron chi connectivity index (χ2n) is 5.88. The van der Waals surface area contributed by atoms with Gasteiger partial charge in [0.15, 0.2) is 0 Å². The quantitative estimate of drug-likeness (QED) is 0.529. The minimum absolute atomic E-state index is 0.723. The molecular formula is C19H33N. The van der Waals surface area contributed by atoms with Gasteiger partial charge in [0.05, 0.1) is 0 Å². The fourth-order valence-corrected chi connectivity index (χ4v) is 2.83. The SMILES string of the molecule is CCCCN(CCCC)C(CCC)Cc1ccccc1. The molecule has 1 unspecified atom stereocenters. The van der Waals surface area contributed by atoms with Gasteiger partial charge in [-0.05, 0) is 44.3 Å². The highest BCUT2D eigenvalue weighted by molar-refractivity contribution is 5.15. The second kappa shape index (κ2) is 10.9. The molecule has 0 aromatic heterocycles. The van der Waals surface area contributed by atoms with Crippen LogP contribution in [0.5, 0.6) is 0 Å². The van der Waals surface area contributed by atoms with E-state index < -0.39 is 0 Å². The third-order valence-electron chi connectivity index (χ3n) is 4.05. The molecule has 0 aliphatic rings. The summed E-state index contributed by atoms with van der Waals surface area (Å²) in [5.41, 5.74) is 1.49. The molecule has 114 valence electrons. The first kappa shape index (κ1) is 17.2. The Morgan fingerprint density at radius 2 is 1.45 bits per heavy atom. The Kier molecular flexibility index (Phi) is 9.40. The van der Waals surface area contributed by atoms with Crippen LogP contribution in [-0.4, -0.2) is 24.0 Å². The molecule has 1 nitrogen and oxygen atoms in total. The highest BCUT2D eigenvalue weighted by Gasteiger charge is 2.17. The van der Waals surface area contributed by atoms with Crippen molar-refractivity contribution in [3.63, 3.8) is 0 Å². The van der Waals surface area contributed by atoms with Crippen molar-refractivity contribution in [2.24, 2.45) is 0 Å². The van der Waals surface area contributed by atoms with Crippen molar-refractivity contribution in [1.29, 1.82) is 0 Å². The molecular weight excluding hydrogens is 242 g/mol. The maximum absolute atomic E-state index is 2.75. The fraction of sp³-hybridized carbons (Fsp3) is 0.684. The van der Waals surface area contributed by atoms with E-state index in [4.69, 9.17) is 0 Å². The highest BCUT2D eigenvalue weighted by Crippen LogP contribution is 2.16. The van der Waals surface area contributed by atoms with E-state index in [2.05, 4.69) is 56.0 Å². The van der Waals surface area contributed by atoms with Gasteiger partial charge in [-0.2, -0.15) is 0 Å². The summed E-state index contributed by atoms with van der Waals surface area (Å²) in [6.07, 6.45) is 9.08. The van der Waals surface area contributed by atoms with E-state index in [9.17, 15) is 0 Å². The van der Waals surface area contributed by atoms with Crippen LogP contribution < -0.4 is 0 Å². The van der Waals surface area contributed by atoms with Gasteiger partial charge in [-0.1, -0.05) is 70.4 Å². The van der Waals surface area contributed by atoms with Gasteiger partial charge in [0, 0.05) is 6.04 Å². The largest absolute Gasteiger partial charge is 0.300 e. The summed E-state index contributed by atoms with van der Waals surface area (Å²) in [4.78, 5) is 2.75. The average molecular weight is 275 g/mol. The molecule has 0 aliphatic carbocycles. The summed E-state index contributed by atoms with van der Waals surface area (Å²) in [5, 5.41) is 0. The van der Waals surface area contributed by atoms with Crippen molar-refractivity contribution in [2.75, 3.05) is 13.1 Å². The van der Waals surface area contributed by atoms with Crippen LogP contribution in [0.4, 0.5) is 0 Å². The molecule has 1 heteroatoms. The fourth-order valence-electron chi connectivity index (χ4n) is 2.83. The van der Waals surface area contributed by atoms with E-state index in [1.165, 1.54) is 63.6 Å². The Labute approximate surface area is 126 Å². The molecule has 0 fully saturated rings. The number of rotatable bonds is 11. The maximum atomic E-state index is 2.75. The summed E-state index contributed by atoms with van der Waals surface area (Å²) in [6.45, 7) is 9.45. The van der Waals surface area contributed by atoms with Gasteiger partial charge in [-0.15, -0.1) is 0 Å². The number of hydrogen-bond acceptors (Lipinski definition) is 1. The Morgan fingerprint density at radius 3 is 1.95 bits per heavy atom. The minimum Gasteiger partial charge on any atom is -0.300 e. The average Bonchev–Trinajstić information content (AvgIpc) is 2.48. The zero-order valence-corrected chi connectivity index (χ0v) is 13.8. The summed E-state index contributed by atoms with van der Waals surface area (Å²) < 4.78 is 0. The maximum Gasteiger partial charge on any atom is 0.0136 e. The smallest absolute Gasteiger partial charge is 0.0136 e. The monoisotopic (exact) mass is 275 g/mol. The lowest BCUT2D eigenvalue weighted by Gasteiger charge is -2.32. The Bertz CT molecular complexity index is 312. The lowest BCUT2D eigenvalue weighted by atomic mass is 9.99. The molecule has 0 radical (unpaired) electrons. The molecule has 1 rings (SSSR count). The van der Waals surface area contributed by atoms with Crippen molar-refractivity contribution in [3.8, 4) is 0 Å². The molecule has 0 saturated carbocycles. The van der Waals surface area contributed by atoms with E-state index in [0.29, 0.717) is 0 Å². The number of benzene rings is 1. The van der Waals surface area contributed by atoms with E-state index in [-0.39, 0.29) is 0 Å². The summed E-state index contributed by atoms with van der Waals surface area (Å²) in [7, 11) is 0. The lowest BCUT2D eigenvalue weighted by Crippen LogP contribution is -2.38. The van der Waals surface area contributed by atoms with Crippen molar-refractivity contribution >= 4 is 0 Å². The van der Waals surface area contributed by atoms with Crippen LogP contribution in [0.15, 0.2) is 30.3 Å². The zero-order valence-electron chi connectivity index (χ0n) is 13.8. The van der Waals surface area contributed by atoms with Gasteiger partial charge in [0.25, 0.3) is 0 Å². The molecule has 20 heavy (non-hydrogen) atoms. The third kappa shape index (κ3) is 6.56. The number of hydrogen-bond donors (Lipinski definition) is 0. The summed E-state index contributed by atoms with van der Waals surface area (Å²) >= 11 is 0. The molecule has 0 amide bonds. The van der Waals surface area contributed by atoms with Crippen LogP contribution in [0.3, 0.4) is 0 Å². The standard InChI is InChI=1S/C19H33N/c1-4-7-15-20(16-8-5-2)19(12-6-3)17-18-13-10-9-11-14-18/h9-11,13-14,19H,4-8,12,15-17H2,1-3H3. The van der Waals surface area contributed by atoms with E-state index >= 15 is 0 Å². The van der Waals surface area contributed by atoms with Gasteiger partial charge < -0.3 is 4.90 Å². The molecule has 0 bridgehead atoms. The molecule has 0 heterocycles. The first-order valence-electron chi connectivity index (χ1n) is 8.59. The number of nitrogens with zero attached hydrogens (tertiary/aromatic N) is 1. The molecule has 1 aromatic rings. The van der Waals surface area contributed by atoms with Gasteiger partial charge in [0.2, 0.25) is 0 Å². The van der Waals surface area contributed by atoms with Gasteiger partial charge in [-0.25, -0.2) is 0 Å². The van der Waals surface area contributed by atoms with Crippen LogP contribution >= 0.6 is 0 Å². The van der Waals surface area contributed by atoms with Crippen molar-refractivity contribution in [1.82, 2.24) is 4.90 Å². The Balaban J connectivity index is 2.66. The van der Waals surface area contributed by atoms with Crippen molar-refractivity contribution in [3.05, 3.63) is 35.9 Å². The van der Waals surface area contributed by atoms with Gasteiger partial charge in [-0.3, -0.25) is 0 Å². The van der Waals surface area contributed by atoms with Crippen LogP contribution in [-0.2, 0) is 6.42 Å². The normalized spacial score (nSPS) is 12.8. The molecule has 0 saturated heterocycles. The van der Waals surface area contributed by atoms with Crippen LogP contribution in [0.25, 0.3) is 0 Å². The molecule has 0 N–H and O–H groups in total. The number of unbranched alkanes of at least 4 members (excludes halogenated alkanes) is 2. The van der Waals surface area contributed by atoms with E-state index in [1.807, 2.05) is 0 Å². The van der Waals surface area contributed by atoms with Gasteiger partial charge >= 0.3 is 0 Å². The van der Waals surface area contributed by atoms with E-state index in [0.717, 1.165) is 6.04 Å². The molecule has 0 aliphatic heterocycles. The van der Waals surface area contributed by atoms with Crippen molar-refractivity contribution in [2.45, 2.75) is 71.8 Å². The molecule has 1 aromatic carbocycles. The van der Waals surface area contributed by atoms with Crippen LogP contribution in [0, 0.1) is 0 Å². The van der Waals surface area contributed by atoms with Crippen molar-refractivity contribution < 1.29 is 0 Å². The van der Waals surface area contributed by atoms with Gasteiger partial charge in [0.1, 0.15) is 0 Å². The minimum atomic E-state index is 0.723. The predicted octanol–water partition coefficient (Wildman–Crippen LogP) is 5.30. The Morgan fingerprint density at radius 1 is 0.850 bits per heavy atom. The van der Waals surface area contributed by atoms with E-state index in [1.54, 1.807) is 0 Å². The van der Waals surface area contributed by atoms with Crippen LogP contribution in [0.2, 0.25) is 0 Å². The van der Waals surface area contributed by atoms with Crippen LogP contribution in [0.1, 0.15) is 64.9 Å². The summed E-state index contributed by atoms with van der Waals surface area (Å²) in [6, 6.07) is 11.7. The molecule has 1 atom stereocenters. The summed E-state index contributed by atoms with van der Waals surface area (Å²) in [5.74, 6) is 0. The first-order chi connectivity index (χ1) is 9.81. The third-order valence-corrected chi connectivity index (χ3v) is 4.05. The topological polar surface area (TPSA) is 3.24 Å².